The Kier molecular flexibility index (Phi) is 4.09. The SMILES string of the molecule is N#Cc1cc(F)c(CNc2cccc([N+](=O)[O-])c2)c(F)c1. The van der Waals surface area contributed by atoms with Gasteiger partial charge in [-0.15, -0.1) is 0 Å². The fourth-order valence-electron chi connectivity index (χ4n) is 1.76. The number of halogens is 2. The molecule has 0 saturated heterocycles. The van der Waals surface area contributed by atoms with Crippen LogP contribution in [-0.4, -0.2) is 4.92 Å². The van der Waals surface area contributed by atoms with Crippen LogP contribution in [0.5, 0.6) is 0 Å². The van der Waals surface area contributed by atoms with Gasteiger partial charge in [-0.05, 0) is 18.2 Å². The third kappa shape index (κ3) is 3.30. The fourth-order valence-corrected chi connectivity index (χ4v) is 1.76. The summed E-state index contributed by atoms with van der Waals surface area (Å²) in [5.41, 5.74) is -0.0993. The van der Waals surface area contributed by atoms with E-state index in [1.807, 2.05) is 0 Å². The van der Waals surface area contributed by atoms with E-state index in [2.05, 4.69) is 5.32 Å². The Hall–Kier alpha value is -3.01. The van der Waals surface area contributed by atoms with Crippen LogP contribution in [0, 0.1) is 33.1 Å². The van der Waals surface area contributed by atoms with Crippen molar-refractivity contribution < 1.29 is 13.7 Å². The van der Waals surface area contributed by atoms with Crippen molar-refractivity contribution in [3.63, 3.8) is 0 Å². The molecule has 0 fully saturated rings. The van der Waals surface area contributed by atoms with Gasteiger partial charge in [0.05, 0.1) is 16.6 Å². The average molecular weight is 289 g/mol. The molecule has 2 rings (SSSR count). The molecule has 0 aromatic heterocycles. The average Bonchev–Trinajstić information content (AvgIpc) is 2.46. The molecule has 0 aliphatic carbocycles. The van der Waals surface area contributed by atoms with E-state index in [0.29, 0.717) is 5.69 Å². The molecule has 0 saturated carbocycles. The van der Waals surface area contributed by atoms with Crippen LogP contribution in [0.3, 0.4) is 0 Å². The molecular weight excluding hydrogens is 280 g/mol. The predicted octanol–water partition coefficient (Wildman–Crippen LogP) is 3.36. The number of nitro benzene ring substituents is 1. The lowest BCUT2D eigenvalue weighted by atomic mass is 10.1. The van der Waals surface area contributed by atoms with Crippen LogP contribution in [-0.2, 0) is 6.54 Å². The van der Waals surface area contributed by atoms with Gasteiger partial charge in [-0.25, -0.2) is 8.78 Å². The van der Waals surface area contributed by atoms with Crippen LogP contribution < -0.4 is 5.32 Å². The van der Waals surface area contributed by atoms with E-state index in [4.69, 9.17) is 5.26 Å². The highest BCUT2D eigenvalue weighted by atomic mass is 19.1. The summed E-state index contributed by atoms with van der Waals surface area (Å²) in [5, 5.41) is 21.9. The molecule has 0 spiro atoms. The lowest BCUT2D eigenvalue weighted by Crippen LogP contribution is -2.05. The van der Waals surface area contributed by atoms with Gasteiger partial charge < -0.3 is 5.32 Å². The smallest absolute Gasteiger partial charge is 0.271 e. The number of anilines is 1. The number of hydrogen-bond donors (Lipinski definition) is 1. The summed E-state index contributed by atoms with van der Waals surface area (Å²) in [5.74, 6) is -1.69. The van der Waals surface area contributed by atoms with Crippen LogP contribution in [0.15, 0.2) is 36.4 Å². The Morgan fingerprint density at radius 1 is 1.24 bits per heavy atom. The van der Waals surface area contributed by atoms with Gasteiger partial charge in [0.15, 0.2) is 0 Å². The molecule has 0 atom stereocenters. The van der Waals surface area contributed by atoms with E-state index in [1.54, 1.807) is 12.1 Å². The van der Waals surface area contributed by atoms with Crippen molar-refractivity contribution in [2.24, 2.45) is 0 Å². The first-order valence-electron chi connectivity index (χ1n) is 5.87. The molecule has 0 radical (unpaired) electrons. The summed E-state index contributed by atoms with van der Waals surface area (Å²) in [4.78, 5) is 10.1. The van der Waals surface area contributed by atoms with Gasteiger partial charge in [-0.1, -0.05) is 6.07 Å². The molecule has 106 valence electrons. The van der Waals surface area contributed by atoms with Gasteiger partial charge in [0.2, 0.25) is 0 Å². The highest BCUT2D eigenvalue weighted by Crippen LogP contribution is 2.20. The maximum Gasteiger partial charge on any atom is 0.271 e. The largest absolute Gasteiger partial charge is 0.381 e. The summed E-state index contributed by atoms with van der Waals surface area (Å²) in [6, 6.07) is 9.12. The van der Waals surface area contributed by atoms with Crippen LogP contribution in [0.25, 0.3) is 0 Å². The number of nitrogens with zero attached hydrogens (tertiary/aromatic N) is 2. The van der Waals surface area contributed by atoms with E-state index in [9.17, 15) is 18.9 Å². The molecule has 1 N–H and O–H groups in total. The van der Waals surface area contributed by atoms with Gasteiger partial charge in [0.1, 0.15) is 11.6 Å². The first kappa shape index (κ1) is 14.4. The summed E-state index contributed by atoms with van der Waals surface area (Å²) in [7, 11) is 0. The van der Waals surface area contributed by atoms with Crippen LogP contribution in [0.4, 0.5) is 20.2 Å². The molecule has 0 bridgehead atoms. The molecule has 7 heteroatoms. The Bertz CT molecular complexity index is 718. The standard InChI is InChI=1S/C14H9F2N3O2/c15-13-4-9(7-17)5-14(16)12(13)8-18-10-2-1-3-11(6-10)19(20)21/h1-6,18H,8H2. The minimum absolute atomic E-state index is 0.107. The highest BCUT2D eigenvalue weighted by Gasteiger charge is 2.12. The summed E-state index contributed by atoms with van der Waals surface area (Å²) >= 11 is 0. The summed E-state index contributed by atoms with van der Waals surface area (Å²) in [6.07, 6.45) is 0. The monoisotopic (exact) mass is 289 g/mol. The second-order valence-corrected chi connectivity index (χ2v) is 4.19. The van der Waals surface area contributed by atoms with Gasteiger partial charge in [0.25, 0.3) is 5.69 Å². The van der Waals surface area contributed by atoms with Crippen molar-refractivity contribution in [3.05, 3.63) is 69.3 Å². The van der Waals surface area contributed by atoms with Crippen molar-refractivity contribution in [1.29, 1.82) is 5.26 Å². The quantitative estimate of drug-likeness (QED) is 0.691. The normalized spacial score (nSPS) is 9.95. The van der Waals surface area contributed by atoms with Crippen molar-refractivity contribution in [3.8, 4) is 6.07 Å². The maximum absolute atomic E-state index is 13.7. The Morgan fingerprint density at radius 2 is 1.90 bits per heavy atom. The van der Waals surface area contributed by atoms with Gasteiger partial charge >= 0.3 is 0 Å². The fraction of sp³-hybridized carbons (Fsp3) is 0.0714. The van der Waals surface area contributed by atoms with Crippen molar-refractivity contribution in [2.75, 3.05) is 5.32 Å². The van der Waals surface area contributed by atoms with Gasteiger partial charge in [-0.2, -0.15) is 5.26 Å². The maximum atomic E-state index is 13.7. The zero-order valence-electron chi connectivity index (χ0n) is 10.6. The zero-order chi connectivity index (χ0) is 15.4. The highest BCUT2D eigenvalue weighted by molar-refractivity contribution is 5.51. The molecule has 5 nitrogen and oxygen atoms in total. The topological polar surface area (TPSA) is 79.0 Å². The van der Waals surface area contributed by atoms with E-state index in [-0.39, 0.29) is 23.4 Å². The third-order valence-electron chi connectivity index (χ3n) is 2.80. The number of non-ortho nitro benzene ring substituents is 1. The Labute approximate surface area is 118 Å². The third-order valence-corrected chi connectivity index (χ3v) is 2.80. The van der Waals surface area contributed by atoms with E-state index >= 15 is 0 Å². The number of nitro groups is 1. The number of nitrogens with one attached hydrogen (secondary N) is 1. The minimum atomic E-state index is -0.843. The van der Waals surface area contributed by atoms with E-state index in [1.165, 1.54) is 18.2 Å². The number of nitriles is 1. The first-order chi connectivity index (χ1) is 10.0. The molecule has 0 unspecified atom stereocenters. The van der Waals surface area contributed by atoms with Gasteiger partial charge in [0, 0.05) is 29.9 Å². The second kappa shape index (κ2) is 5.96. The van der Waals surface area contributed by atoms with Crippen molar-refractivity contribution in [1.82, 2.24) is 0 Å². The first-order valence-corrected chi connectivity index (χ1v) is 5.87. The van der Waals surface area contributed by atoms with Crippen molar-refractivity contribution >= 4 is 11.4 Å². The number of rotatable bonds is 4. The van der Waals surface area contributed by atoms with E-state index < -0.39 is 16.6 Å². The van der Waals surface area contributed by atoms with E-state index in [0.717, 1.165) is 12.1 Å². The number of benzene rings is 2. The molecule has 0 aliphatic heterocycles. The van der Waals surface area contributed by atoms with Gasteiger partial charge in [-0.3, -0.25) is 10.1 Å². The minimum Gasteiger partial charge on any atom is -0.381 e. The molecule has 0 heterocycles. The molecule has 21 heavy (non-hydrogen) atoms. The lowest BCUT2D eigenvalue weighted by molar-refractivity contribution is -0.384. The molecule has 0 aliphatic rings. The predicted molar refractivity (Wildman–Crippen MR) is 71.5 cm³/mol. The molecule has 2 aromatic rings. The Balaban J connectivity index is 2.19. The number of hydrogen-bond acceptors (Lipinski definition) is 4. The van der Waals surface area contributed by atoms with Crippen LogP contribution in [0.1, 0.15) is 11.1 Å². The molecular formula is C14H9F2N3O2. The second-order valence-electron chi connectivity index (χ2n) is 4.19. The lowest BCUT2D eigenvalue weighted by Gasteiger charge is -2.08. The zero-order valence-corrected chi connectivity index (χ0v) is 10.6. The van der Waals surface area contributed by atoms with Crippen LogP contribution in [0.2, 0.25) is 0 Å². The Morgan fingerprint density at radius 3 is 2.48 bits per heavy atom. The molecule has 0 amide bonds. The van der Waals surface area contributed by atoms with Crippen molar-refractivity contribution in [2.45, 2.75) is 6.54 Å². The summed E-state index contributed by atoms with van der Waals surface area (Å²) in [6.45, 7) is -0.190. The summed E-state index contributed by atoms with van der Waals surface area (Å²) < 4.78 is 27.3. The van der Waals surface area contributed by atoms with Crippen LogP contribution >= 0.6 is 0 Å². The molecule has 2 aromatic carbocycles.